The van der Waals surface area contributed by atoms with Crippen LogP contribution in [0.1, 0.15) is 5.56 Å². The Morgan fingerprint density at radius 3 is 2.14 bits per heavy atom. The van der Waals surface area contributed by atoms with Gasteiger partial charge in [-0.15, -0.1) is 0 Å². The smallest absolute Gasteiger partial charge is 0.162 e. The molecular weight excluding hydrogens is 270 g/mol. The first-order valence-corrected chi connectivity index (χ1v) is 7.56. The molecule has 3 heteroatoms. The minimum Gasteiger partial charge on any atom is -0.359 e. The second-order valence-electron chi connectivity index (χ2n) is 5.60. The van der Waals surface area contributed by atoms with Crippen LogP contribution in [0.5, 0.6) is 0 Å². The van der Waals surface area contributed by atoms with Gasteiger partial charge in [-0.25, -0.2) is 9.97 Å². The molecule has 22 heavy (non-hydrogen) atoms. The maximum atomic E-state index is 4.88. The molecule has 0 saturated carbocycles. The summed E-state index contributed by atoms with van der Waals surface area (Å²) in [5.74, 6) is 1.86. The standard InChI is InChI=1S/C19H17N3/c1-22-13-12-16-17(14-8-4-2-5-9-14)20-18(21-19(16)22)15-10-6-3-7-11-15/h2-11H,12-13H2,1H3. The third-order valence-electron chi connectivity index (χ3n) is 4.12. The van der Waals surface area contributed by atoms with E-state index in [1.807, 2.05) is 24.3 Å². The van der Waals surface area contributed by atoms with E-state index in [0.717, 1.165) is 41.4 Å². The third-order valence-corrected chi connectivity index (χ3v) is 4.12. The Bertz CT molecular complexity index is 798. The van der Waals surface area contributed by atoms with Crippen molar-refractivity contribution in [2.24, 2.45) is 0 Å². The molecule has 0 radical (unpaired) electrons. The van der Waals surface area contributed by atoms with Gasteiger partial charge in [0, 0.05) is 30.3 Å². The highest BCUT2D eigenvalue weighted by molar-refractivity contribution is 5.74. The minimum atomic E-state index is 0.798. The fourth-order valence-electron chi connectivity index (χ4n) is 2.95. The lowest BCUT2D eigenvalue weighted by atomic mass is 10.0. The van der Waals surface area contributed by atoms with E-state index in [2.05, 4.69) is 48.3 Å². The van der Waals surface area contributed by atoms with Crippen molar-refractivity contribution in [1.82, 2.24) is 9.97 Å². The van der Waals surface area contributed by atoms with Crippen LogP contribution in [0.25, 0.3) is 22.6 Å². The summed E-state index contributed by atoms with van der Waals surface area (Å²) in [6.07, 6.45) is 1.01. The molecule has 3 nitrogen and oxygen atoms in total. The van der Waals surface area contributed by atoms with Gasteiger partial charge < -0.3 is 4.90 Å². The molecule has 2 heterocycles. The highest BCUT2D eigenvalue weighted by Crippen LogP contribution is 2.34. The number of likely N-dealkylation sites (N-methyl/N-ethyl adjacent to an activating group) is 1. The van der Waals surface area contributed by atoms with E-state index in [1.165, 1.54) is 5.56 Å². The second kappa shape index (κ2) is 5.26. The van der Waals surface area contributed by atoms with Crippen LogP contribution in [0.4, 0.5) is 5.82 Å². The monoisotopic (exact) mass is 287 g/mol. The summed E-state index contributed by atoms with van der Waals surface area (Å²) in [4.78, 5) is 11.9. The van der Waals surface area contributed by atoms with Crippen LogP contribution in [-0.2, 0) is 6.42 Å². The zero-order valence-electron chi connectivity index (χ0n) is 12.5. The lowest BCUT2D eigenvalue weighted by molar-refractivity contribution is 0.946. The average molecular weight is 287 g/mol. The molecule has 0 bridgehead atoms. The summed E-state index contributed by atoms with van der Waals surface area (Å²) >= 11 is 0. The Morgan fingerprint density at radius 1 is 0.818 bits per heavy atom. The van der Waals surface area contributed by atoms with Gasteiger partial charge in [-0.1, -0.05) is 60.7 Å². The van der Waals surface area contributed by atoms with Gasteiger partial charge in [-0.2, -0.15) is 0 Å². The molecule has 2 aromatic carbocycles. The van der Waals surface area contributed by atoms with Crippen molar-refractivity contribution >= 4 is 5.82 Å². The quantitative estimate of drug-likeness (QED) is 0.718. The summed E-state index contributed by atoms with van der Waals surface area (Å²) in [5.41, 5.74) is 4.54. The van der Waals surface area contributed by atoms with E-state index in [-0.39, 0.29) is 0 Å². The normalized spacial score (nSPS) is 13.2. The Kier molecular flexibility index (Phi) is 3.11. The van der Waals surface area contributed by atoms with Crippen molar-refractivity contribution in [3.05, 3.63) is 66.2 Å². The number of anilines is 1. The number of hydrogen-bond donors (Lipinski definition) is 0. The molecule has 108 valence electrons. The van der Waals surface area contributed by atoms with E-state index >= 15 is 0 Å². The van der Waals surface area contributed by atoms with Gasteiger partial charge in [0.05, 0.1) is 5.69 Å². The fourth-order valence-corrected chi connectivity index (χ4v) is 2.95. The fraction of sp³-hybridized carbons (Fsp3) is 0.158. The molecule has 1 aromatic heterocycles. The van der Waals surface area contributed by atoms with Gasteiger partial charge in [0.1, 0.15) is 5.82 Å². The SMILES string of the molecule is CN1CCc2c(-c3ccccc3)nc(-c3ccccc3)nc21. The number of hydrogen-bond acceptors (Lipinski definition) is 3. The first kappa shape index (κ1) is 13.0. The molecule has 0 saturated heterocycles. The Balaban J connectivity index is 1.95. The summed E-state index contributed by atoms with van der Waals surface area (Å²) in [6, 6.07) is 20.6. The van der Waals surface area contributed by atoms with E-state index in [1.54, 1.807) is 0 Å². The Labute approximate surface area is 130 Å². The molecular formula is C19H17N3. The maximum Gasteiger partial charge on any atom is 0.162 e. The highest BCUT2D eigenvalue weighted by Gasteiger charge is 2.24. The van der Waals surface area contributed by atoms with E-state index in [4.69, 9.17) is 9.97 Å². The minimum absolute atomic E-state index is 0.798. The number of aromatic nitrogens is 2. The van der Waals surface area contributed by atoms with Crippen molar-refractivity contribution in [2.75, 3.05) is 18.5 Å². The van der Waals surface area contributed by atoms with Crippen LogP contribution >= 0.6 is 0 Å². The largest absolute Gasteiger partial charge is 0.359 e. The first-order valence-electron chi connectivity index (χ1n) is 7.56. The molecule has 1 aliphatic heterocycles. The molecule has 0 atom stereocenters. The number of nitrogens with zero attached hydrogens (tertiary/aromatic N) is 3. The van der Waals surface area contributed by atoms with E-state index < -0.39 is 0 Å². The van der Waals surface area contributed by atoms with Crippen molar-refractivity contribution < 1.29 is 0 Å². The van der Waals surface area contributed by atoms with Crippen LogP contribution in [-0.4, -0.2) is 23.6 Å². The molecule has 0 aliphatic carbocycles. The number of rotatable bonds is 2. The average Bonchev–Trinajstić information content (AvgIpc) is 2.97. The summed E-state index contributed by atoms with van der Waals surface area (Å²) in [5, 5.41) is 0. The summed E-state index contributed by atoms with van der Waals surface area (Å²) in [6.45, 7) is 1.00. The van der Waals surface area contributed by atoms with Gasteiger partial charge >= 0.3 is 0 Å². The Morgan fingerprint density at radius 2 is 1.45 bits per heavy atom. The molecule has 0 fully saturated rings. The van der Waals surface area contributed by atoms with Crippen molar-refractivity contribution in [2.45, 2.75) is 6.42 Å². The van der Waals surface area contributed by atoms with Crippen molar-refractivity contribution in [1.29, 1.82) is 0 Å². The van der Waals surface area contributed by atoms with Crippen molar-refractivity contribution in [3.63, 3.8) is 0 Å². The predicted molar refractivity (Wildman–Crippen MR) is 89.9 cm³/mol. The van der Waals surface area contributed by atoms with E-state index in [0.29, 0.717) is 0 Å². The second-order valence-corrected chi connectivity index (χ2v) is 5.60. The first-order chi connectivity index (χ1) is 10.8. The van der Waals surface area contributed by atoms with Crippen LogP contribution in [0, 0.1) is 0 Å². The summed E-state index contributed by atoms with van der Waals surface area (Å²) < 4.78 is 0. The summed E-state index contributed by atoms with van der Waals surface area (Å²) in [7, 11) is 2.10. The van der Waals surface area contributed by atoms with Crippen molar-refractivity contribution in [3.8, 4) is 22.6 Å². The van der Waals surface area contributed by atoms with E-state index in [9.17, 15) is 0 Å². The highest BCUT2D eigenvalue weighted by atomic mass is 15.2. The van der Waals surface area contributed by atoms with Crippen LogP contribution < -0.4 is 4.90 Å². The Hall–Kier alpha value is -2.68. The van der Waals surface area contributed by atoms with Crippen LogP contribution in [0.2, 0.25) is 0 Å². The molecule has 1 aliphatic rings. The topological polar surface area (TPSA) is 29.0 Å². The van der Waals surface area contributed by atoms with Gasteiger partial charge in [-0.3, -0.25) is 0 Å². The lowest BCUT2D eigenvalue weighted by Gasteiger charge is -2.14. The number of benzene rings is 2. The molecule has 0 N–H and O–H groups in total. The number of fused-ring (bicyclic) bond motifs is 1. The van der Waals surface area contributed by atoms with Crippen LogP contribution in [0.15, 0.2) is 60.7 Å². The van der Waals surface area contributed by atoms with Gasteiger partial charge in [0.2, 0.25) is 0 Å². The predicted octanol–water partition coefficient (Wildman–Crippen LogP) is 3.80. The molecule has 3 aromatic rings. The molecule has 0 amide bonds. The van der Waals surface area contributed by atoms with Gasteiger partial charge in [-0.05, 0) is 6.42 Å². The van der Waals surface area contributed by atoms with Gasteiger partial charge in [0.25, 0.3) is 0 Å². The lowest BCUT2D eigenvalue weighted by Crippen LogP contribution is -2.14. The molecule has 0 unspecified atom stereocenters. The third kappa shape index (κ3) is 2.15. The zero-order chi connectivity index (χ0) is 14.9. The zero-order valence-corrected chi connectivity index (χ0v) is 12.5. The maximum absolute atomic E-state index is 4.88. The molecule has 4 rings (SSSR count). The van der Waals surface area contributed by atoms with Gasteiger partial charge in [0.15, 0.2) is 5.82 Å². The van der Waals surface area contributed by atoms with Crippen LogP contribution in [0.3, 0.4) is 0 Å². The molecule has 0 spiro atoms.